The summed E-state index contributed by atoms with van der Waals surface area (Å²) < 4.78 is 54.8. The van der Waals surface area contributed by atoms with Crippen LogP contribution in [0.2, 0.25) is 0 Å². The van der Waals surface area contributed by atoms with E-state index in [1.165, 1.54) is 12.5 Å². The number of fused-ring (bicyclic) bond motifs is 7. The van der Waals surface area contributed by atoms with Gasteiger partial charge in [0.25, 0.3) is 0 Å². The second-order valence-electron chi connectivity index (χ2n) is 23.6. The molecule has 73 heavy (non-hydrogen) atoms. The van der Waals surface area contributed by atoms with Gasteiger partial charge in [-0.25, -0.2) is 0 Å². The molecular formula is C51H84O22. The number of ether oxygens (including phenoxy) is 9. The Kier molecular flexibility index (Phi) is 17.5. The summed E-state index contributed by atoms with van der Waals surface area (Å²) in [6.45, 7) is 9.04. The maximum Gasteiger partial charge on any atom is 0.187 e. The molecule has 0 aromatic carbocycles. The Hall–Kier alpha value is -1.14. The van der Waals surface area contributed by atoms with Crippen LogP contribution in [0.4, 0.5) is 0 Å². The molecule has 5 aliphatic heterocycles. The van der Waals surface area contributed by atoms with Crippen LogP contribution in [-0.4, -0.2) is 234 Å². The summed E-state index contributed by atoms with van der Waals surface area (Å²) in [7, 11) is 0. The molecule has 5 saturated heterocycles. The molecule has 0 bridgehead atoms. The highest BCUT2D eigenvalue weighted by molar-refractivity contribution is 5.26. The average molecular weight is 1050 g/mol. The van der Waals surface area contributed by atoms with Gasteiger partial charge in [-0.05, 0) is 111 Å². The molecule has 31 atom stereocenters. The van der Waals surface area contributed by atoms with Crippen LogP contribution in [0, 0.1) is 46.3 Å². The van der Waals surface area contributed by atoms with Crippen LogP contribution in [0.25, 0.3) is 0 Å². The van der Waals surface area contributed by atoms with Crippen molar-refractivity contribution in [3.63, 3.8) is 0 Å². The van der Waals surface area contributed by atoms with E-state index in [2.05, 4.69) is 33.8 Å². The van der Waals surface area contributed by atoms with E-state index < -0.39 is 149 Å². The molecule has 5 heterocycles. The Morgan fingerprint density at radius 3 is 1.85 bits per heavy atom. The minimum atomic E-state index is -1.84. The number of aliphatic hydroxyl groups is 13. The number of hydrogen-bond donors (Lipinski definition) is 13. The molecule has 13 N–H and O–H groups in total. The smallest absolute Gasteiger partial charge is 0.187 e. The highest BCUT2D eigenvalue weighted by Crippen LogP contribution is 2.69. The summed E-state index contributed by atoms with van der Waals surface area (Å²) in [6, 6.07) is 0. The number of hydrogen-bond acceptors (Lipinski definition) is 22. The van der Waals surface area contributed by atoms with Crippen molar-refractivity contribution < 1.29 is 109 Å². The van der Waals surface area contributed by atoms with E-state index in [4.69, 9.17) is 42.6 Å². The lowest BCUT2D eigenvalue weighted by molar-refractivity contribution is -0.389. The molecule has 0 amide bonds. The van der Waals surface area contributed by atoms with Crippen molar-refractivity contribution in [2.75, 3.05) is 26.4 Å². The van der Waals surface area contributed by atoms with Gasteiger partial charge in [0.1, 0.15) is 91.6 Å². The molecule has 10 unspecified atom stereocenters. The lowest BCUT2D eigenvalue weighted by Gasteiger charge is -2.58. The number of aliphatic hydroxyl groups excluding tert-OH is 13. The van der Waals surface area contributed by atoms with Crippen LogP contribution < -0.4 is 0 Å². The van der Waals surface area contributed by atoms with Crippen molar-refractivity contribution in [2.45, 2.75) is 234 Å². The fourth-order valence-corrected chi connectivity index (χ4v) is 15.0. The van der Waals surface area contributed by atoms with Gasteiger partial charge >= 0.3 is 0 Å². The van der Waals surface area contributed by atoms with E-state index in [0.29, 0.717) is 42.4 Å². The van der Waals surface area contributed by atoms with E-state index in [1.807, 2.05) is 0 Å². The molecular weight excluding hydrogens is 965 g/mol. The summed E-state index contributed by atoms with van der Waals surface area (Å²) in [5.74, 6) is 2.28. The first-order chi connectivity index (χ1) is 34.6. The fourth-order valence-electron chi connectivity index (χ4n) is 15.0. The van der Waals surface area contributed by atoms with Gasteiger partial charge in [0.15, 0.2) is 25.2 Å². The minimum absolute atomic E-state index is 0.0980. The second kappa shape index (κ2) is 22.5. The first-order valence-corrected chi connectivity index (χ1v) is 26.8. The van der Waals surface area contributed by atoms with Crippen LogP contribution in [0.1, 0.15) is 92.4 Å². The standard InChI is InChI=1S/C51H84O22/c1-20(19-65-46-40(61)38(59)35(56)30(16-52)69-46)6-9-28-21(2)33-29(68-28)15-27-25-8-7-23-14-24(10-12-50(23,4)26(25)11-13-51(27,33)5)67-49-45(73-47-41(62)37(58)34(55)22(3)66-47)43(64)44(32(18-54)71-49)72-48-42(63)39(60)36(57)31(17-53)70-48/h7,20-22,24-49,52-64H,6,8-19H2,1-5H3/t20-,21-,22?,24+,25-,26+,27+,28?,29?,30?,31?,32?,33+,34+,35-,36-,37?,38?,39?,40+,41+,42+,43?,44-,45+,46-,47+,48+,49-,50+,51+/m1/s1. The van der Waals surface area contributed by atoms with Crippen molar-refractivity contribution in [2.24, 2.45) is 46.3 Å². The molecule has 22 heteroatoms. The Balaban J connectivity index is 0.839. The summed E-state index contributed by atoms with van der Waals surface area (Å²) in [5, 5.41) is 136. The maximum absolute atomic E-state index is 12.1. The van der Waals surface area contributed by atoms with Crippen molar-refractivity contribution in [1.82, 2.24) is 0 Å². The first-order valence-electron chi connectivity index (χ1n) is 26.8. The molecule has 0 spiro atoms. The molecule has 9 rings (SSSR count). The Morgan fingerprint density at radius 1 is 0.603 bits per heavy atom. The SMILES string of the molecule is CC1O[C@@H](O[C@H]2C(O)[C@H](O[C@@H]3OC(CO)[C@@H](O)C(O)[C@@H]3O)C(CO)O[C@H]2O[C@H]2CC[C@@]3(C)C(=CC[C@H]4[C@@H]5CC6OC(CC[C@@H](C)CO[C@@H]7OC(CO)[C@@H](O)C(O)[C@@H]7O)[C@@H](C)[C@@H]6[C@@]5(C)CC[C@@H]43)C2)[C@@H](O)C(O)[C@H]1O. The van der Waals surface area contributed by atoms with Crippen molar-refractivity contribution in [3.05, 3.63) is 11.6 Å². The molecule has 9 aliphatic rings. The predicted molar refractivity (Wildman–Crippen MR) is 249 cm³/mol. The Morgan fingerprint density at radius 2 is 1.19 bits per heavy atom. The first kappa shape index (κ1) is 56.6. The zero-order valence-corrected chi connectivity index (χ0v) is 42.5. The lowest BCUT2D eigenvalue weighted by Crippen LogP contribution is -2.67. The van der Waals surface area contributed by atoms with Crippen LogP contribution >= 0.6 is 0 Å². The van der Waals surface area contributed by atoms with Crippen LogP contribution in [-0.2, 0) is 42.6 Å². The summed E-state index contributed by atoms with van der Waals surface area (Å²) >= 11 is 0. The molecule has 3 saturated carbocycles. The zero-order chi connectivity index (χ0) is 52.6. The van der Waals surface area contributed by atoms with Crippen molar-refractivity contribution in [1.29, 1.82) is 0 Å². The third-order valence-corrected chi connectivity index (χ3v) is 19.3. The van der Waals surface area contributed by atoms with Gasteiger partial charge in [-0.2, -0.15) is 0 Å². The minimum Gasteiger partial charge on any atom is -0.394 e. The quantitative estimate of drug-likeness (QED) is 0.0765. The van der Waals surface area contributed by atoms with Gasteiger partial charge < -0.3 is 109 Å². The Labute approximate surface area is 426 Å². The predicted octanol–water partition coefficient (Wildman–Crippen LogP) is -2.33. The fraction of sp³-hybridized carbons (Fsp3) is 0.961. The molecule has 0 aromatic heterocycles. The van der Waals surface area contributed by atoms with Crippen molar-refractivity contribution in [3.8, 4) is 0 Å². The van der Waals surface area contributed by atoms with Gasteiger partial charge in [0, 0.05) is 0 Å². The van der Waals surface area contributed by atoms with E-state index >= 15 is 0 Å². The summed E-state index contributed by atoms with van der Waals surface area (Å²) in [4.78, 5) is 0. The highest BCUT2D eigenvalue weighted by Gasteiger charge is 2.65. The second-order valence-corrected chi connectivity index (χ2v) is 23.6. The van der Waals surface area contributed by atoms with E-state index in [0.717, 1.165) is 44.9 Å². The van der Waals surface area contributed by atoms with Gasteiger partial charge in [0.05, 0.1) is 50.8 Å². The van der Waals surface area contributed by atoms with Crippen LogP contribution in [0.5, 0.6) is 0 Å². The van der Waals surface area contributed by atoms with E-state index in [-0.39, 0.29) is 35.6 Å². The monoisotopic (exact) mass is 1050 g/mol. The number of allylic oxidation sites excluding steroid dienone is 1. The van der Waals surface area contributed by atoms with Crippen LogP contribution in [0.3, 0.4) is 0 Å². The maximum atomic E-state index is 12.1. The molecule has 420 valence electrons. The topological polar surface area (TPSA) is 346 Å². The average Bonchev–Trinajstić information content (AvgIpc) is 3.86. The summed E-state index contributed by atoms with van der Waals surface area (Å²) in [6.07, 6.45) is -19.9. The molecule has 0 radical (unpaired) electrons. The highest BCUT2D eigenvalue weighted by atomic mass is 16.8. The molecule has 0 aromatic rings. The van der Waals surface area contributed by atoms with E-state index in [1.54, 1.807) is 0 Å². The number of rotatable bonds is 15. The van der Waals surface area contributed by atoms with Gasteiger partial charge in [-0.15, -0.1) is 0 Å². The third-order valence-electron chi connectivity index (χ3n) is 19.3. The largest absolute Gasteiger partial charge is 0.394 e. The third kappa shape index (κ3) is 10.4. The van der Waals surface area contributed by atoms with Crippen LogP contribution in [0.15, 0.2) is 11.6 Å². The molecule has 4 aliphatic carbocycles. The van der Waals surface area contributed by atoms with Gasteiger partial charge in [-0.1, -0.05) is 39.3 Å². The van der Waals surface area contributed by atoms with E-state index in [9.17, 15) is 66.4 Å². The Bertz CT molecular complexity index is 1860. The van der Waals surface area contributed by atoms with Gasteiger partial charge in [0.2, 0.25) is 0 Å². The summed E-state index contributed by atoms with van der Waals surface area (Å²) in [5.41, 5.74) is 1.30. The molecule has 22 nitrogen and oxygen atoms in total. The van der Waals surface area contributed by atoms with Gasteiger partial charge in [-0.3, -0.25) is 0 Å². The normalized spacial score (nSPS) is 54.5. The molecule has 8 fully saturated rings. The lowest BCUT2D eigenvalue weighted by atomic mass is 9.47. The van der Waals surface area contributed by atoms with Crippen molar-refractivity contribution >= 4 is 0 Å². The zero-order valence-electron chi connectivity index (χ0n) is 42.5.